The van der Waals surface area contributed by atoms with Gasteiger partial charge in [-0.05, 0) is 50.6 Å². The number of hydrogen-bond acceptors (Lipinski definition) is 3. The maximum atomic E-state index is 9.87. The van der Waals surface area contributed by atoms with E-state index in [0.717, 1.165) is 27.8 Å². The fraction of sp³-hybridized carbons (Fsp3) is 0.250. The highest BCUT2D eigenvalue weighted by molar-refractivity contribution is 5.86. The summed E-state index contributed by atoms with van der Waals surface area (Å²) >= 11 is 0. The summed E-state index contributed by atoms with van der Waals surface area (Å²) in [6.07, 6.45) is 0. The number of benzene rings is 2. The molecular formula is C20H21O4+. The third kappa shape index (κ3) is 3.13. The number of aryl methyl sites for hydroxylation is 1. The van der Waals surface area contributed by atoms with Crippen LogP contribution in [0, 0.1) is 6.92 Å². The second-order valence-corrected chi connectivity index (χ2v) is 5.52. The fourth-order valence-corrected chi connectivity index (χ4v) is 2.63. The van der Waals surface area contributed by atoms with Crippen LogP contribution in [0.25, 0.3) is 22.3 Å². The fourth-order valence-electron chi connectivity index (χ4n) is 2.63. The van der Waals surface area contributed by atoms with Gasteiger partial charge in [-0.15, -0.1) is 0 Å². The molecule has 0 radical (unpaired) electrons. The van der Waals surface area contributed by atoms with Crippen molar-refractivity contribution < 1.29 is 19.0 Å². The molecule has 124 valence electrons. The van der Waals surface area contributed by atoms with Crippen molar-refractivity contribution in [2.45, 2.75) is 20.8 Å². The maximum absolute atomic E-state index is 9.87. The van der Waals surface area contributed by atoms with E-state index < -0.39 is 0 Å². The van der Waals surface area contributed by atoms with E-state index in [1.807, 2.05) is 39.0 Å². The van der Waals surface area contributed by atoms with E-state index >= 15 is 0 Å². The van der Waals surface area contributed by atoms with Crippen LogP contribution in [0.3, 0.4) is 0 Å². The van der Waals surface area contributed by atoms with Gasteiger partial charge in [0.05, 0.1) is 24.8 Å². The van der Waals surface area contributed by atoms with Gasteiger partial charge in [0.25, 0.3) is 0 Å². The van der Waals surface area contributed by atoms with Crippen LogP contribution in [0.15, 0.2) is 46.9 Å². The van der Waals surface area contributed by atoms with Gasteiger partial charge in [0, 0.05) is 12.1 Å². The molecule has 0 amide bonds. The lowest BCUT2D eigenvalue weighted by Gasteiger charge is -2.07. The standard InChI is InChI=1S/C20H20O4/c1-4-22-19-12-18(24-17-9-6-13(3)10-15(17)19)14-7-8-16(21)20(11-14)23-5-2/h6-12H,4-5H2,1-3H3/p+1. The monoisotopic (exact) mass is 325 g/mol. The minimum atomic E-state index is 0.113. The quantitative estimate of drug-likeness (QED) is 0.656. The Labute approximate surface area is 141 Å². The largest absolute Gasteiger partial charge is 0.504 e. The summed E-state index contributed by atoms with van der Waals surface area (Å²) < 4.78 is 17.3. The van der Waals surface area contributed by atoms with Crippen LogP contribution in [-0.2, 0) is 0 Å². The second-order valence-electron chi connectivity index (χ2n) is 5.52. The van der Waals surface area contributed by atoms with Gasteiger partial charge in [0.1, 0.15) is 11.1 Å². The van der Waals surface area contributed by atoms with Crippen LogP contribution in [0.5, 0.6) is 17.2 Å². The first kappa shape index (κ1) is 16.1. The van der Waals surface area contributed by atoms with Crippen molar-refractivity contribution in [3.05, 3.63) is 48.0 Å². The Kier molecular flexibility index (Phi) is 4.56. The zero-order valence-electron chi connectivity index (χ0n) is 14.1. The third-order valence-corrected chi connectivity index (χ3v) is 3.73. The lowest BCUT2D eigenvalue weighted by molar-refractivity contribution is 0.318. The Balaban J connectivity index is 2.16. The maximum Gasteiger partial charge on any atom is 0.364 e. The van der Waals surface area contributed by atoms with E-state index in [1.54, 1.807) is 18.2 Å². The lowest BCUT2D eigenvalue weighted by atomic mass is 10.1. The number of ether oxygens (including phenoxy) is 2. The molecule has 0 spiro atoms. The van der Waals surface area contributed by atoms with Crippen LogP contribution in [0.1, 0.15) is 19.4 Å². The van der Waals surface area contributed by atoms with Crippen molar-refractivity contribution in [1.29, 1.82) is 0 Å². The Morgan fingerprint density at radius 3 is 2.42 bits per heavy atom. The molecule has 2 aromatic carbocycles. The number of fused-ring (bicyclic) bond motifs is 1. The molecule has 0 saturated carbocycles. The average Bonchev–Trinajstić information content (AvgIpc) is 2.57. The van der Waals surface area contributed by atoms with Gasteiger partial charge >= 0.3 is 11.3 Å². The molecule has 3 rings (SSSR count). The first-order chi connectivity index (χ1) is 11.6. The van der Waals surface area contributed by atoms with Gasteiger partial charge in [0.2, 0.25) is 0 Å². The molecule has 0 fully saturated rings. The van der Waals surface area contributed by atoms with Crippen LogP contribution in [0.2, 0.25) is 0 Å². The summed E-state index contributed by atoms with van der Waals surface area (Å²) in [5.74, 6) is 1.99. The van der Waals surface area contributed by atoms with Crippen LogP contribution in [-0.4, -0.2) is 18.3 Å². The van der Waals surface area contributed by atoms with Crippen molar-refractivity contribution in [2.75, 3.05) is 13.2 Å². The predicted octanol–water partition coefficient (Wildman–Crippen LogP) is 5.19. The smallest absolute Gasteiger partial charge is 0.364 e. The Bertz CT molecular complexity index is 871. The van der Waals surface area contributed by atoms with Crippen molar-refractivity contribution in [3.8, 4) is 28.6 Å². The summed E-state index contributed by atoms with van der Waals surface area (Å²) in [4.78, 5) is 0. The van der Waals surface area contributed by atoms with Gasteiger partial charge < -0.3 is 14.6 Å². The highest BCUT2D eigenvalue weighted by atomic mass is 16.5. The number of phenolic OH excluding ortho intramolecular Hbond substituents is 1. The molecule has 0 unspecified atom stereocenters. The topological polar surface area (TPSA) is 50.0 Å². The summed E-state index contributed by atoms with van der Waals surface area (Å²) in [5.41, 5.74) is 2.72. The molecule has 3 aromatic rings. The zero-order valence-corrected chi connectivity index (χ0v) is 14.1. The van der Waals surface area contributed by atoms with E-state index in [9.17, 15) is 5.11 Å². The van der Waals surface area contributed by atoms with Crippen molar-refractivity contribution >= 4 is 11.0 Å². The van der Waals surface area contributed by atoms with E-state index in [1.165, 1.54) is 0 Å². The molecule has 0 aliphatic rings. The van der Waals surface area contributed by atoms with Crippen LogP contribution in [0.4, 0.5) is 0 Å². The Morgan fingerprint density at radius 1 is 0.917 bits per heavy atom. The van der Waals surface area contributed by atoms with Gasteiger partial charge in [-0.2, -0.15) is 0 Å². The molecule has 0 aliphatic heterocycles. The van der Waals surface area contributed by atoms with Crippen molar-refractivity contribution in [2.24, 2.45) is 0 Å². The molecule has 0 bridgehead atoms. The molecule has 1 aromatic heterocycles. The first-order valence-electron chi connectivity index (χ1n) is 8.09. The van der Waals surface area contributed by atoms with E-state index in [2.05, 4.69) is 6.07 Å². The first-order valence-corrected chi connectivity index (χ1v) is 8.09. The molecular weight excluding hydrogens is 304 g/mol. The lowest BCUT2D eigenvalue weighted by Crippen LogP contribution is -1.95. The molecule has 0 atom stereocenters. The summed E-state index contributed by atoms with van der Waals surface area (Å²) in [5, 5.41) is 10.8. The molecule has 1 heterocycles. The van der Waals surface area contributed by atoms with Gasteiger partial charge in [-0.25, -0.2) is 4.42 Å². The van der Waals surface area contributed by atoms with E-state index in [4.69, 9.17) is 13.9 Å². The van der Waals surface area contributed by atoms with E-state index in [0.29, 0.717) is 24.7 Å². The normalized spacial score (nSPS) is 10.8. The molecule has 4 heteroatoms. The number of phenols is 1. The number of hydrogen-bond donors (Lipinski definition) is 1. The molecule has 24 heavy (non-hydrogen) atoms. The van der Waals surface area contributed by atoms with Gasteiger partial charge in [-0.1, -0.05) is 0 Å². The molecule has 4 nitrogen and oxygen atoms in total. The highest BCUT2D eigenvalue weighted by Crippen LogP contribution is 2.36. The SMILES string of the molecule is CCOc1cc(-c2cc(OCC)c3cc(C)ccc3[o+]2)ccc1O. The van der Waals surface area contributed by atoms with Gasteiger partial charge in [0.15, 0.2) is 11.5 Å². The zero-order chi connectivity index (χ0) is 17.1. The summed E-state index contributed by atoms with van der Waals surface area (Å²) in [6, 6.07) is 13.1. The highest BCUT2D eigenvalue weighted by Gasteiger charge is 2.21. The van der Waals surface area contributed by atoms with Gasteiger partial charge in [-0.3, -0.25) is 0 Å². The Morgan fingerprint density at radius 2 is 1.67 bits per heavy atom. The third-order valence-electron chi connectivity index (χ3n) is 3.73. The molecule has 0 saturated heterocycles. The van der Waals surface area contributed by atoms with Crippen molar-refractivity contribution in [1.82, 2.24) is 0 Å². The average molecular weight is 325 g/mol. The van der Waals surface area contributed by atoms with Crippen LogP contribution < -0.4 is 9.47 Å². The Hall–Kier alpha value is -2.75. The molecule has 1 N–H and O–H groups in total. The van der Waals surface area contributed by atoms with Crippen molar-refractivity contribution in [3.63, 3.8) is 0 Å². The predicted molar refractivity (Wildman–Crippen MR) is 94.8 cm³/mol. The molecule has 0 aliphatic carbocycles. The minimum Gasteiger partial charge on any atom is -0.504 e. The second kappa shape index (κ2) is 6.79. The summed E-state index contributed by atoms with van der Waals surface area (Å²) in [7, 11) is 0. The van der Waals surface area contributed by atoms with E-state index in [-0.39, 0.29) is 5.75 Å². The number of aromatic hydroxyl groups is 1. The summed E-state index contributed by atoms with van der Waals surface area (Å²) in [6.45, 7) is 6.93. The van der Waals surface area contributed by atoms with Crippen LogP contribution >= 0.6 is 0 Å². The number of rotatable bonds is 5. The minimum absolute atomic E-state index is 0.113.